The molecule has 2 heterocycles. The van der Waals surface area contributed by atoms with E-state index in [4.69, 9.17) is 9.47 Å². The van der Waals surface area contributed by atoms with Gasteiger partial charge in [0.2, 0.25) is 11.0 Å². The number of amides is 1. The highest BCUT2D eigenvalue weighted by Gasteiger charge is 2.22. The van der Waals surface area contributed by atoms with Crippen molar-refractivity contribution in [1.82, 2.24) is 10.2 Å². The number of aryl methyl sites for hydroxylation is 1. The maximum absolute atomic E-state index is 12.0. The van der Waals surface area contributed by atoms with E-state index in [0.717, 1.165) is 43.0 Å². The molecule has 0 aliphatic carbocycles. The lowest BCUT2D eigenvalue weighted by atomic mass is 10.1. The van der Waals surface area contributed by atoms with Gasteiger partial charge in [0.25, 0.3) is 0 Å². The summed E-state index contributed by atoms with van der Waals surface area (Å²) in [7, 11) is 0. The lowest BCUT2D eigenvalue weighted by molar-refractivity contribution is -0.116. The molecule has 0 bridgehead atoms. The van der Waals surface area contributed by atoms with E-state index in [0.29, 0.717) is 24.6 Å². The predicted octanol–water partition coefficient (Wildman–Crippen LogP) is 4.14. The van der Waals surface area contributed by atoms with E-state index in [1.165, 1.54) is 16.9 Å². The van der Waals surface area contributed by atoms with Gasteiger partial charge < -0.3 is 14.8 Å². The summed E-state index contributed by atoms with van der Waals surface area (Å²) in [5, 5.41) is 12.3. The number of nitrogens with one attached hydrogen (secondary N) is 1. The van der Waals surface area contributed by atoms with Crippen LogP contribution in [0.4, 0.5) is 5.13 Å². The van der Waals surface area contributed by atoms with E-state index in [9.17, 15) is 4.79 Å². The third kappa shape index (κ3) is 5.51. The molecule has 7 heteroatoms. The quantitative estimate of drug-likeness (QED) is 0.667. The fourth-order valence-corrected chi connectivity index (χ4v) is 3.68. The molecule has 1 aromatic carbocycles. The second-order valence-electron chi connectivity index (χ2n) is 6.34. The van der Waals surface area contributed by atoms with Crippen molar-refractivity contribution >= 4 is 22.4 Å². The third-order valence-electron chi connectivity index (χ3n) is 4.17. The number of aromatic nitrogens is 2. The average molecular weight is 375 g/mol. The Morgan fingerprint density at radius 2 is 2.19 bits per heavy atom. The molecule has 2 aromatic rings. The van der Waals surface area contributed by atoms with Crippen LogP contribution in [0.1, 0.15) is 55.7 Å². The molecule has 0 saturated carbocycles. The Labute approximate surface area is 157 Å². The Morgan fingerprint density at radius 3 is 2.92 bits per heavy atom. The molecule has 1 aliphatic heterocycles. The van der Waals surface area contributed by atoms with Gasteiger partial charge in [-0.25, -0.2) is 0 Å². The Kier molecular flexibility index (Phi) is 6.96. The minimum atomic E-state index is -0.0677. The number of ether oxygens (including phenoxy) is 2. The fourth-order valence-electron chi connectivity index (χ4n) is 2.83. The maximum Gasteiger partial charge on any atom is 0.226 e. The second kappa shape index (κ2) is 9.64. The number of nitrogens with zero attached hydrogens (tertiary/aromatic N) is 2. The second-order valence-corrected chi connectivity index (χ2v) is 7.35. The first-order valence-electron chi connectivity index (χ1n) is 9.21. The third-order valence-corrected chi connectivity index (χ3v) is 5.10. The molecule has 6 nitrogen and oxygen atoms in total. The number of carbonyl (C=O) groups is 1. The van der Waals surface area contributed by atoms with Crippen LogP contribution in [0.25, 0.3) is 0 Å². The van der Waals surface area contributed by atoms with E-state index < -0.39 is 0 Å². The highest BCUT2D eigenvalue weighted by Crippen LogP contribution is 2.31. The van der Waals surface area contributed by atoms with Gasteiger partial charge >= 0.3 is 0 Å². The van der Waals surface area contributed by atoms with E-state index >= 15 is 0 Å². The predicted molar refractivity (Wildman–Crippen MR) is 102 cm³/mol. The number of rotatable bonds is 9. The number of hydrogen-bond acceptors (Lipinski definition) is 6. The number of anilines is 1. The summed E-state index contributed by atoms with van der Waals surface area (Å²) in [5.41, 5.74) is 1.32. The van der Waals surface area contributed by atoms with Gasteiger partial charge in [-0.3, -0.25) is 4.79 Å². The normalized spacial score (nSPS) is 16.6. The first kappa shape index (κ1) is 18.8. The van der Waals surface area contributed by atoms with Crippen LogP contribution in [0, 0.1) is 0 Å². The minimum absolute atomic E-state index is 0.0373. The number of carbonyl (C=O) groups excluding carboxylic acids is 1. The Hall–Kier alpha value is -1.99. The van der Waals surface area contributed by atoms with E-state index in [1.54, 1.807) is 0 Å². The van der Waals surface area contributed by atoms with Gasteiger partial charge in [0.05, 0.1) is 6.61 Å². The van der Waals surface area contributed by atoms with Gasteiger partial charge in [0.15, 0.2) is 0 Å². The summed E-state index contributed by atoms with van der Waals surface area (Å²) in [5.74, 6) is 0.775. The zero-order chi connectivity index (χ0) is 18.2. The van der Waals surface area contributed by atoms with Crippen LogP contribution in [-0.4, -0.2) is 29.3 Å². The van der Waals surface area contributed by atoms with Crippen LogP contribution in [0.3, 0.4) is 0 Å². The molecule has 0 radical (unpaired) electrons. The SMILES string of the molecule is CCCc1ccc(OCCCC(=O)Nc2nnc(C3CCCO3)s2)cc1. The average Bonchev–Trinajstić information content (AvgIpc) is 3.32. The Bertz CT molecular complexity index is 696. The molecular weight excluding hydrogens is 350 g/mol. The Balaban J connectivity index is 1.35. The molecule has 1 fully saturated rings. The molecular formula is C19H25N3O3S. The van der Waals surface area contributed by atoms with Crippen molar-refractivity contribution in [3.8, 4) is 5.75 Å². The highest BCUT2D eigenvalue weighted by molar-refractivity contribution is 7.15. The van der Waals surface area contributed by atoms with E-state index in [2.05, 4.69) is 34.6 Å². The molecule has 1 aromatic heterocycles. The molecule has 1 unspecified atom stereocenters. The Morgan fingerprint density at radius 1 is 1.35 bits per heavy atom. The van der Waals surface area contributed by atoms with Crippen molar-refractivity contribution in [3.63, 3.8) is 0 Å². The van der Waals surface area contributed by atoms with Gasteiger partial charge in [-0.1, -0.05) is 36.8 Å². The van der Waals surface area contributed by atoms with Crippen LogP contribution in [0.5, 0.6) is 5.75 Å². The van der Waals surface area contributed by atoms with Gasteiger partial charge in [-0.05, 0) is 43.4 Å². The summed E-state index contributed by atoms with van der Waals surface area (Å²) in [6.45, 7) is 3.45. The monoisotopic (exact) mass is 375 g/mol. The molecule has 1 saturated heterocycles. The number of hydrogen-bond donors (Lipinski definition) is 1. The summed E-state index contributed by atoms with van der Waals surface area (Å²) in [6.07, 6.45) is 5.32. The van der Waals surface area contributed by atoms with Crippen molar-refractivity contribution in [1.29, 1.82) is 0 Å². The lowest BCUT2D eigenvalue weighted by Crippen LogP contribution is -2.12. The fraction of sp³-hybridized carbons (Fsp3) is 0.526. The van der Waals surface area contributed by atoms with Crippen molar-refractivity contribution < 1.29 is 14.3 Å². The summed E-state index contributed by atoms with van der Waals surface area (Å²) >= 11 is 1.39. The molecule has 1 aliphatic rings. The van der Waals surface area contributed by atoms with Gasteiger partial charge in [0, 0.05) is 13.0 Å². The van der Waals surface area contributed by atoms with Gasteiger partial charge in [-0.15, -0.1) is 10.2 Å². The van der Waals surface area contributed by atoms with Crippen LogP contribution in [0.15, 0.2) is 24.3 Å². The zero-order valence-electron chi connectivity index (χ0n) is 15.1. The molecule has 26 heavy (non-hydrogen) atoms. The summed E-state index contributed by atoms with van der Waals surface area (Å²) in [4.78, 5) is 12.0. The van der Waals surface area contributed by atoms with Gasteiger partial charge in [0.1, 0.15) is 16.9 Å². The summed E-state index contributed by atoms with van der Waals surface area (Å²) < 4.78 is 11.3. The zero-order valence-corrected chi connectivity index (χ0v) is 15.9. The molecule has 3 rings (SSSR count). The highest BCUT2D eigenvalue weighted by atomic mass is 32.1. The standard InChI is InChI=1S/C19H25N3O3S/c1-2-5-14-8-10-15(11-9-14)24-12-4-7-17(23)20-19-22-21-18(26-19)16-6-3-13-25-16/h8-11,16H,2-7,12-13H2,1H3,(H,20,22,23). The topological polar surface area (TPSA) is 73.3 Å². The van der Waals surface area contributed by atoms with E-state index in [1.807, 2.05) is 12.1 Å². The van der Waals surface area contributed by atoms with Crippen molar-refractivity contribution in [2.75, 3.05) is 18.5 Å². The van der Waals surface area contributed by atoms with Crippen molar-refractivity contribution in [3.05, 3.63) is 34.8 Å². The molecule has 1 amide bonds. The summed E-state index contributed by atoms with van der Waals surface area (Å²) in [6, 6.07) is 8.15. The van der Waals surface area contributed by atoms with Crippen LogP contribution >= 0.6 is 11.3 Å². The largest absolute Gasteiger partial charge is 0.494 e. The molecule has 140 valence electrons. The molecule has 0 spiro atoms. The lowest BCUT2D eigenvalue weighted by Gasteiger charge is -2.07. The smallest absolute Gasteiger partial charge is 0.226 e. The van der Waals surface area contributed by atoms with Crippen LogP contribution < -0.4 is 10.1 Å². The minimum Gasteiger partial charge on any atom is -0.494 e. The number of benzene rings is 1. The first-order chi connectivity index (χ1) is 12.7. The van der Waals surface area contributed by atoms with Crippen LogP contribution in [0.2, 0.25) is 0 Å². The first-order valence-corrected chi connectivity index (χ1v) is 10.0. The van der Waals surface area contributed by atoms with Crippen molar-refractivity contribution in [2.24, 2.45) is 0 Å². The maximum atomic E-state index is 12.0. The molecule has 1 N–H and O–H groups in total. The van der Waals surface area contributed by atoms with Crippen LogP contribution in [-0.2, 0) is 16.0 Å². The van der Waals surface area contributed by atoms with Gasteiger partial charge in [-0.2, -0.15) is 0 Å². The van der Waals surface area contributed by atoms with E-state index in [-0.39, 0.29) is 12.0 Å². The van der Waals surface area contributed by atoms with Crippen molar-refractivity contribution in [2.45, 2.75) is 51.6 Å². The molecule has 1 atom stereocenters.